The predicted molar refractivity (Wildman–Crippen MR) is 129 cm³/mol. The molecular formula is C25H21ClN4O4. The molecule has 0 radical (unpaired) electrons. The van der Waals surface area contributed by atoms with Crippen molar-refractivity contribution in [3.05, 3.63) is 122 Å². The summed E-state index contributed by atoms with van der Waals surface area (Å²) in [6.07, 6.45) is 0. The highest BCUT2D eigenvalue weighted by Gasteiger charge is 2.20. The van der Waals surface area contributed by atoms with Crippen molar-refractivity contribution in [3.63, 3.8) is 0 Å². The lowest BCUT2D eigenvalue weighted by Crippen LogP contribution is -2.46. The summed E-state index contributed by atoms with van der Waals surface area (Å²) >= 11 is 6.07. The van der Waals surface area contributed by atoms with Crippen molar-refractivity contribution in [2.75, 3.05) is 7.11 Å². The number of carbonyl (C=O) groups excluding carboxylic acids is 1. The second-order valence-electron chi connectivity index (χ2n) is 7.43. The third-order valence-electron chi connectivity index (χ3n) is 5.12. The van der Waals surface area contributed by atoms with E-state index in [1.807, 2.05) is 30.3 Å². The molecule has 0 aliphatic carbocycles. The molecule has 3 aromatic carbocycles. The molecule has 1 N–H and O–H groups in total. The molecule has 0 spiro atoms. The number of nitrogens with one attached hydrogen (secondary N) is 1. The smallest absolute Gasteiger partial charge is 0.352 e. The lowest BCUT2D eigenvalue weighted by molar-refractivity contribution is 0.0941. The summed E-state index contributed by atoms with van der Waals surface area (Å²) in [4.78, 5) is 39.4. The van der Waals surface area contributed by atoms with Gasteiger partial charge >= 0.3 is 5.69 Å². The van der Waals surface area contributed by atoms with Crippen LogP contribution in [0.5, 0.6) is 5.75 Å². The number of hydrogen-bond donors (Lipinski definition) is 1. The van der Waals surface area contributed by atoms with Gasteiger partial charge in [-0.2, -0.15) is 9.78 Å². The van der Waals surface area contributed by atoms with E-state index in [9.17, 15) is 14.4 Å². The lowest BCUT2D eigenvalue weighted by atomic mass is 10.2. The van der Waals surface area contributed by atoms with Crippen LogP contribution in [0.15, 0.2) is 88.5 Å². The summed E-state index contributed by atoms with van der Waals surface area (Å²) in [6, 6.07) is 22.6. The molecule has 0 bridgehead atoms. The van der Waals surface area contributed by atoms with Crippen molar-refractivity contribution >= 4 is 17.5 Å². The number of halogens is 1. The van der Waals surface area contributed by atoms with Gasteiger partial charge in [-0.1, -0.05) is 54.1 Å². The van der Waals surface area contributed by atoms with Crippen LogP contribution in [0, 0.1) is 0 Å². The van der Waals surface area contributed by atoms with Crippen molar-refractivity contribution in [1.82, 2.24) is 19.7 Å². The molecule has 0 fully saturated rings. The monoisotopic (exact) mass is 476 g/mol. The van der Waals surface area contributed by atoms with Gasteiger partial charge in [0, 0.05) is 11.6 Å². The summed E-state index contributed by atoms with van der Waals surface area (Å²) < 4.78 is 7.17. The van der Waals surface area contributed by atoms with Gasteiger partial charge in [0.25, 0.3) is 11.5 Å². The van der Waals surface area contributed by atoms with Gasteiger partial charge in [-0.05, 0) is 47.5 Å². The average molecular weight is 477 g/mol. The number of rotatable bonds is 7. The van der Waals surface area contributed by atoms with Gasteiger partial charge < -0.3 is 10.1 Å². The zero-order chi connectivity index (χ0) is 24.1. The second-order valence-corrected chi connectivity index (χ2v) is 7.87. The molecule has 1 heterocycles. The van der Waals surface area contributed by atoms with Crippen LogP contribution in [-0.4, -0.2) is 27.4 Å². The molecule has 0 atom stereocenters. The molecular weight excluding hydrogens is 456 g/mol. The van der Waals surface area contributed by atoms with Crippen LogP contribution in [0.25, 0.3) is 5.69 Å². The maximum Gasteiger partial charge on any atom is 0.352 e. The highest BCUT2D eigenvalue weighted by atomic mass is 35.5. The van der Waals surface area contributed by atoms with Crippen molar-refractivity contribution in [3.8, 4) is 11.4 Å². The average Bonchev–Trinajstić information content (AvgIpc) is 2.86. The van der Waals surface area contributed by atoms with Gasteiger partial charge in [0.05, 0.1) is 19.3 Å². The van der Waals surface area contributed by atoms with E-state index in [1.54, 1.807) is 48.5 Å². The van der Waals surface area contributed by atoms with Gasteiger partial charge in [-0.3, -0.25) is 14.2 Å². The van der Waals surface area contributed by atoms with Crippen molar-refractivity contribution in [2.24, 2.45) is 0 Å². The van der Waals surface area contributed by atoms with E-state index < -0.39 is 22.9 Å². The third kappa shape index (κ3) is 5.07. The predicted octanol–water partition coefficient (Wildman–Crippen LogP) is 3.03. The number of ether oxygens (including phenoxy) is 1. The fourth-order valence-corrected chi connectivity index (χ4v) is 3.58. The maximum atomic E-state index is 13.3. The Balaban J connectivity index is 1.78. The largest absolute Gasteiger partial charge is 0.497 e. The van der Waals surface area contributed by atoms with Crippen LogP contribution in [-0.2, 0) is 13.1 Å². The summed E-state index contributed by atoms with van der Waals surface area (Å²) in [5.41, 5.74) is -0.000384. The summed E-state index contributed by atoms with van der Waals surface area (Å²) in [6.45, 7) is 0.132. The van der Waals surface area contributed by atoms with Crippen LogP contribution < -0.4 is 21.3 Å². The Kier molecular flexibility index (Phi) is 6.89. The Hall–Kier alpha value is -4.17. The Labute approximate surface area is 200 Å². The molecule has 0 aliphatic rings. The summed E-state index contributed by atoms with van der Waals surface area (Å²) in [7, 11) is 1.53. The fraction of sp³-hybridized carbons (Fsp3) is 0.120. The van der Waals surface area contributed by atoms with E-state index in [0.29, 0.717) is 22.0 Å². The minimum absolute atomic E-state index is 0.0735. The van der Waals surface area contributed by atoms with Crippen LogP contribution in [0.1, 0.15) is 21.6 Å². The molecule has 4 aromatic rings. The first-order chi connectivity index (χ1) is 16.5. The van der Waals surface area contributed by atoms with Gasteiger partial charge in [-0.25, -0.2) is 4.79 Å². The van der Waals surface area contributed by atoms with E-state index in [2.05, 4.69) is 10.4 Å². The minimum Gasteiger partial charge on any atom is -0.497 e. The molecule has 0 unspecified atom stereocenters. The molecule has 0 aliphatic heterocycles. The number of amides is 1. The van der Waals surface area contributed by atoms with Crippen LogP contribution in [0.2, 0.25) is 5.02 Å². The van der Waals surface area contributed by atoms with E-state index in [4.69, 9.17) is 16.3 Å². The fourth-order valence-electron chi connectivity index (χ4n) is 3.37. The van der Waals surface area contributed by atoms with E-state index in [-0.39, 0.29) is 13.1 Å². The molecule has 172 valence electrons. The Morgan fingerprint density at radius 2 is 1.68 bits per heavy atom. The lowest BCUT2D eigenvalue weighted by Gasteiger charge is -2.13. The first-order valence-electron chi connectivity index (χ1n) is 10.4. The Bertz CT molecular complexity index is 1430. The van der Waals surface area contributed by atoms with Crippen LogP contribution in [0.4, 0.5) is 0 Å². The van der Waals surface area contributed by atoms with E-state index in [1.165, 1.54) is 7.11 Å². The van der Waals surface area contributed by atoms with Gasteiger partial charge in [-0.15, -0.1) is 0 Å². The minimum atomic E-state index is -0.791. The molecule has 9 heteroatoms. The molecule has 1 amide bonds. The SMILES string of the molecule is COc1ccc(-n2nc(C(=O)NCc3ccccc3)c(=O)n(Cc3cccc(Cl)c3)c2=O)cc1. The first kappa shape index (κ1) is 23.0. The number of hydrogen-bond acceptors (Lipinski definition) is 5. The molecule has 1 aromatic heterocycles. The number of benzene rings is 3. The number of carbonyl (C=O) groups is 1. The first-order valence-corrected chi connectivity index (χ1v) is 10.8. The normalized spacial score (nSPS) is 10.6. The van der Waals surface area contributed by atoms with E-state index >= 15 is 0 Å². The maximum absolute atomic E-state index is 13.3. The Morgan fingerprint density at radius 3 is 2.35 bits per heavy atom. The molecule has 8 nitrogen and oxygen atoms in total. The third-order valence-corrected chi connectivity index (χ3v) is 5.35. The molecule has 34 heavy (non-hydrogen) atoms. The second kappa shape index (κ2) is 10.2. The molecule has 0 saturated carbocycles. The van der Waals surface area contributed by atoms with Crippen molar-refractivity contribution in [1.29, 1.82) is 0 Å². The van der Waals surface area contributed by atoms with Gasteiger partial charge in [0.2, 0.25) is 5.69 Å². The molecule has 4 rings (SSSR count). The zero-order valence-corrected chi connectivity index (χ0v) is 19.0. The summed E-state index contributed by atoms with van der Waals surface area (Å²) in [5, 5.41) is 7.29. The molecule has 0 saturated heterocycles. The Morgan fingerprint density at radius 1 is 0.971 bits per heavy atom. The van der Waals surface area contributed by atoms with Crippen LogP contribution in [0.3, 0.4) is 0 Å². The summed E-state index contributed by atoms with van der Waals surface area (Å²) in [5.74, 6) is -0.0964. The van der Waals surface area contributed by atoms with Crippen molar-refractivity contribution < 1.29 is 9.53 Å². The standard InChI is InChI=1S/C25H21ClN4O4/c1-34-21-12-10-20(11-13-21)30-25(33)29(16-18-8-5-9-19(26)14-18)24(32)22(28-30)23(31)27-15-17-6-3-2-4-7-17/h2-14H,15-16H2,1H3,(H,27,31). The zero-order valence-electron chi connectivity index (χ0n) is 18.3. The quantitative estimate of drug-likeness (QED) is 0.442. The van der Waals surface area contributed by atoms with Crippen molar-refractivity contribution in [2.45, 2.75) is 13.1 Å². The van der Waals surface area contributed by atoms with Gasteiger partial charge in [0.15, 0.2) is 0 Å². The van der Waals surface area contributed by atoms with E-state index in [0.717, 1.165) is 14.8 Å². The van der Waals surface area contributed by atoms with Gasteiger partial charge in [0.1, 0.15) is 5.75 Å². The number of aromatic nitrogens is 3. The highest BCUT2D eigenvalue weighted by molar-refractivity contribution is 6.30. The topological polar surface area (TPSA) is 95.2 Å². The van der Waals surface area contributed by atoms with Crippen LogP contribution >= 0.6 is 11.6 Å². The number of nitrogens with zero attached hydrogens (tertiary/aromatic N) is 3. The highest BCUT2D eigenvalue weighted by Crippen LogP contribution is 2.14. The number of methoxy groups -OCH3 is 1.